The summed E-state index contributed by atoms with van der Waals surface area (Å²) in [5, 5.41) is 5.03. The number of nitrogens with zero attached hydrogens (tertiary/aromatic N) is 3. The summed E-state index contributed by atoms with van der Waals surface area (Å²) in [6.07, 6.45) is 1.52. The van der Waals surface area contributed by atoms with Crippen LogP contribution < -0.4 is 15.0 Å². The van der Waals surface area contributed by atoms with Gasteiger partial charge in [0.25, 0.3) is 5.56 Å². The van der Waals surface area contributed by atoms with Gasteiger partial charge in [-0.2, -0.15) is 9.78 Å². The van der Waals surface area contributed by atoms with Gasteiger partial charge < -0.3 is 9.47 Å². The molecule has 7 heteroatoms. The average molecular weight is 518 g/mol. The lowest BCUT2D eigenvalue weighted by atomic mass is 10.00. The van der Waals surface area contributed by atoms with Crippen molar-refractivity contribution >= 4 is 22.9 Å². The van der Waals surface area contributed by atoms with Crippen LogP contribution >= 0.6 is 0 Å². The van der Waals surface area contributed by atoms with Crippen molar-refractivity contribution in [3.05, 3.63) is 124 Å². The predicted molar refractivity (Wildman–Crippen MR) is 153 cm³/mol. The van der Waals surface area contributed by atoms with E-state index in [1.54, 1.807) is 42.5 Å². The van der Waals surface area contributed by atoms with Crippen LogP contribution in [0, 0.1) is 0 Å². The third-order valence-corrected chi connectivity index (χ3v) is 6.09. The number of ketones is 1. The van der Waals surface area contributed by atoms with Crippen LogP contribution in [0.3, 0.4) is 0 Å². The zero-order valence-electron chi connectivity index (χ0n) is 21.7. The van der Waals surface area contributed by atoms with Gasteiger partial charge in [0.1, 0.15) is 11.5 Å². The molecule has 0 saturated heterocycles. The second-order valence-electron chi connectivity index (χ2n) is 8.63. The lowest BCUT2D eigenvalue weighted by Gasteiger charge is -2.15. The Kier molecular flexibility index (Phi) is 7.59. The van der Waals surface area contributed by atoms with Gasteiger partial charge >= 0.3 is 0 Å². The molecule has 0 radical (unpaired) electrons. The Morgan fingerprint density at radius 3 is 2.21 bits per heavy atom. The maximum Gasteiger partial charge on any atom is 0.282 e. The number of carbonyl (C=O) groups excluding carboxylic acids is 1. The van der Waals surface area contributed by atoms with Crippen molar-refractivity contribution in [3.63, 3.8) is 0 Å². The Morgan fingerprint density at radius 1 is 0.846 bits per heavy atom. The topological polar surface area (TPSA) is 82.8 Å². The molecule has 5 rings (SSSR count). The summed E-state index contributed by atoms with van der Waals surface area (Å²) in [6.45, 7) is 4.50. The quantitative estimate of drug-likeness (QED) is 0.178. The minimum Gasteiger partial charge on any atom is -0.493 e. The van der Waals surface area contributed by atoms with Gasteiger partial charge in [-0.3, -0.25) is 9.59 Å². The Bertz CT molecular complexity index is 1710. The van der Waals surface area contributed by atoms with E-state index in [9.17, 15) is 9.59 Å². The molecule has 0 spiro atoms. The largest absolute Gasteiger partial charge is 0.493 e. The van der Waals surface area contributed by atoms with Gasteiger partial charge in [-0.25, -0.2) is 4.98 Å². The molecule has 0 amide bonds. The smallest absolute Gasteiger partial charge is 0.282 e. The van der Waals surface area contributed by atoms with Gasteiger partial charge in [-0.15, -0.1) is 0 Å². The van der Waals surface area contributed by atoms with Crippen LogP contribution in [-0.2, 0) is 0 Å². The third kappa shape index (κ3) is 5.33. The molecule has 0 fully saturated rings. The SMILES string of the molecule is CCOc1cc(OCC)c(C(=O)c2ccccc2)cc1C=Nn1c(-c2ccccc2)nc2ccccc2c1=O. The normalized spacial score (nSPS) is 11.1. The number of benzene rings is 4. The zero-order valence-corrected chi connectivity index (χ0v) is 21.7. The van der Waals surface area contributed by atoms with Crippen LogP contribution in [0.1, 0.15) is 35.3 Å². The van der Waals surface area contributed by atoms with E-state index in [-0.39, 0.29) is 11.3 Å². The van der Waals surface area contributed by atoms with Crippen molar-refractivity contribution in [1.82, 2.24) is 9.66 Å². The number of carbonyl (C=O) groups is 1. The summed E-state index contributed by atoms with van der Waals surface area (Å²) < 4.78 is 13.0. The fraction of sp³-hybridized carbons (Fsp3) is 0.125. The molecule has 1 heterocycles. The number of aromatic nitrogens is 2. The number of fused-ring (bicyclic) bond motifs is 1. The van der Waals surface area contributed by atoms with E-state index in [4.69, 9.17) is 14.5 Å². The van der Waals surface area contributed by atoms with Crippen molar-refractivity contribution in [1.29, 1.82) is 0 Å². The molecule has 7 nitrogen and oxygen atoms in total. The highest BCUT2D eigenvalue weighted by Gasteiger charge is 2.19. The molecule has 0 N–H and O–H groups in total. The molecule has 1 aromatic heterocycles. The molecule has 0 aliphatic heterocycles. The van der Waals surface area contributed by atoms with Crippen LogP contribution in [-0.4, -0.2) is 34.9 Å². The maximum atomic E-state index is 13.6. The van der Waals surface area contributed by atoms with Crippen LogP contribution in [0.5, 0.6) is 11.5 Å². The summed E-state index contributed by atoms with van der Waals surface area (Å²) in [5.74, 6) is 1.12. The molecule has 194 valence electrons. The lowest BCUT2D eigenvalue weighted by molar-refractivity contribution is 0.103. The molecule has 0 saturated carbocycles. The van der Waals surface area contributed by atoms with E-state index < -0.39 is 0 Å². The van der Waals surface area contributed by atoms with Gasteiger partial charge in [-0.1, -0.05) is 72.8 Å². The average Bonchev–Trinajstić information content (AvgIpc) is 2.98. The first-order chi connectivity index (χ1) is 19.1. The molecule has 0 unspecified atom stereocenters. The van der Waals surface area contributed by atoms with Crippen molar-refractivity contribution in [2.24, 2.45) is 5.10 Å². The predicted octanol–water partition coefficient (Wildman–Crippen LogP) is 5.97. The monoisotopic (exact) mass is 517 g/mol. The first-order valence-electron chi connectivity index (χ1n) is 12.8. The molecular weight excluding hydrogens is 490 g/mol. The van der Waals surface area contributed by atoms with Gasteiger partial charge in [0.2, 0.25) is 0 Å². The molecule has 4 aromatic carbocycles. The van der Waals surface area contributed by atoms with Gasteiger partial charge in [-0.05, 0) is 32.0 Å². The molecule has 0 atom stereocenters. The van der Waals surface area contributed by atoms with Gasteiger partial charge in [0, 0.05) is 22.8 Å². The Balaban J connectivity index is 1.68. The van der Waals surface area contributed by atoms with Crippen LogP contribution in [0.2, 0.25) is 0 Å². The van der Waals surface area contributed by atoms with Crippen LogP contribution in [0.15, 0.2) is 107 Å². The van der Waals surface area contributed by atoms with E-state index in [1.165, 1.54) is 10.9 Å². The fourth-order valence-corrected chi connectivity index (χ4v) is 4.28. The van der Waals surface area contributed by atoms with Crippen molar-refractivity contribution in [2.45, 2.75) is 13.8 Å². The third-order valence-electron chi connectivity index (χ3n) is 6.09. The Hall–Kier alpha value is -5.04. The summed E-state index contributed by atoms with van der Waals surface area (Å²) in [5.41, 5.74) is 2.46. The zero-order chi connectivity index (χ0) is 27.2. The summed E-state index contributed by atoms with van der Waals surface area (Å²) >= 11 is 0. The van der Waals surface area contributed by atoms with Gasteiger partial charge in [0.15, 0.2) is 11.6 Å². The molecule has 0 aliphatic rings. The molecule has 0 bridgehead atoms. The van der Waals surface area contributed by atoms with E-state index in [0.29, 0.717) is 58.1 Å². The minimum atomic E-state index is -0.305. The molecule has 0 aliphatic carbocycles. The number of ether oxygens (including phenoxy) is 2. The number of hydrogen-bond donors (Lipinski definition) is 0. The van der Waals surface area contributed by atoms with E-state index in [2.05, 4.69) is 5.10 Å². The Morgan fingerprint density at radius 2 is 1.49 bits per heavy atom. The fourth-order valence-electron chi connectivity index (χ4n) is 4.28. The van der Waals surface area contributed by atoms with E-state index in [0.717, 1.165) is 5.56 Å². The first kappa shape index (κ1) is 25.6. The molecule has 5 aromatic rings. The standard InChI is InChI=1S/C32H27N3O4/c1-3-38-28-20-29(39-4-2)26(30(36)22-13-7-5-8-14-22)19-24(28)21-33-35-31(23-15-9-6-10-16-23)34-27-18-12-11-17-25(27)32(35)37/h5-21H,3-4H2,1-2H3. The summed E-state index contributed by atoms with van der Waals surface area (Å²) in [4.78, 5) is 31.7. The first-order valence-corrected chi connectivity index (χ1v) is 12.8. The number of hydrogen-bond acceptors (Lipinski definition) is 6. The number of para-hydroxylation sites is 1. The van der Waals surface area contributed by atoms with E-state index in [1.807, 2.05) is 68.4 Å². The highest BCUT2D eigenvalue weighted by Crippen LogP contribution is 2.31. The molecule has 39 heavy (non-hydrogen) atoms. The molecular formula is C32H27N3O4. The summed E-state index contributed by atoms with van der Waals surface area (Å²) in [7, 11) is 0. The highest BCUT2D eigenvalue weighted by atomic mass is 16.5. The second kappa shape index (κ2) is 11.6. The highest BCUT2D eigenvalue weighted by molar-refractivity contribution is 6.11. The lowest BCUT2D eigenvalue weighted by Crippen LogP contribution is -2.20. The van der Waals surface area contributed by atoms with Crippen molar-refractivity contribution in [2.75, 3.05) is 13.2 Å². The van der Waals surface area contributed by atoms with E-state index >= 15 is 0 Å². The second-order valence-corrected chi connectivity index (χ2v) is 8.63. The van der Waals surface area contributed by atoms with Crippen molar-refractivity contribution in [3.8, 4) is 22.9 Å². The van der Waals surface area contributed by atoms with Crippen molar-refractivity contribution < 1.29 is 14.3 Å². The maximum absolute atomic E-state index is 13.6. The minimum absolute atomic E-state index is 0.189. The Labute approximate surface area is 226 Å². The van der Waals surface area contributed by atoms with Crippen LogP contribution in [0.25, 0.3) is 22.3 Å². The van der Waals surface area contributed by atoms with Crippen LogP contribution in [0.4, 0.5) is 0 Å². The van der Waals surface area contributed by atoms with Gasteiger partial charge in [0.05, 0.1) is 35.9 Å². The summed E-state index contributed by atoms with van der Waals surface area (Å²) in [6, 6.07) is 29.0. The number of rotatable bonds is 9.